The zero-order valence-electron chi connectivity index (χ0n) is 16.7. The average Bonchev–Trinajstić information content (AvgIpc) is 3.42. The van der Waals surface area contributed by atoms with Gasteiger partial charge in [0.1, 0.15) is 11.4 Å². The second kappa shape index (κ2) is 8.03. The number of phenolic OH excluding ortho intramolecular Hbond substituents is 1. The van der Waals surface area contributed by atoms with Crippen LogP contribution in [0.15, 0.2) is 94.9 Å². The van der Waals surface area contributed by atoms with E-state index in [9.17, 15) is 5.11 Å². The van der Waals surface area contributed by atoms with Gasteiger partial charge in [0.25, 0.3) is 0 Å². The van der Waals surface area contributed by atoms with E-state index in [1.165, 1.54) is 11.1 Å². The Kier molecular flexibility index (Phi) is 4.94. The predicted molar refractivity (Wildman–Crippen MR) is 120 cm³/mol. The Balaban J connectivity index is 1.55. The van der Waals surface area contributed by atoms with Crippen LogP contribution in [0.1, 0.15) is 30.7 Å². The quantitative estimate of drug-likeness (QED) is 0.401. The van der Waals surface area contributed by atoms with Crippen molar-refractivity contribution in [2.24, 2.45) is 0 Å². The molecule has 1 N–H and O–H groups in total. The second-order valence-electron chi connectivity index (χ2n) is 7.68. The smallest absolute Gasteiger partial charge is 0.199 e. The first-order valence-electron chi connectivity index (χ1n) is 10.4. The Bertz CT molecular complexity index is 1130. The first-order valence-corrected chi connectivity index (χ1v) is 10.4. The summed E-state index contributed by atoms with van der Waals surface area (Å²) in [5.74, 6) is 1.86. The van der Waals surface area contributed by atoms with Gasteiger partial charge in [-0.2, -0.15) is 0 Å². The van der Waals surface area contributed by atoms with E-state index >= 15 is 0 Å². The summed E-state index contributed by atoms with van der Waals surface area (Å²) in [5, 5.41) is 9.89. The molecule has 4 aromatic rings. The molecule has 3 aromatic carbocycles. The van der Waals surface area contributed by atoms with E-state index in [4.69, 9.17) is 9.40 Å². The van der Waals surface area contributed by atoms with Gasteiger partial charge in [0.05, 0.1) is 0 Å². The molecule has 0 saturated heterocycles. The summed E-state index contributed by atoms with van der Waals surface area (Å²) in [6, 6.07) is 27.9. The van der Waals surface area contributed by atoms with Gasteiger partial charge in [-0.05, 0) is 42.5 Å². The van der Waals surface area contributed by atoms with E-state index in [0.717, 1.165) is 53.3 Å². The molecule has 3 nitrogen and oxygen atoms in total. The summed E-state index contributed by atoms with van der Waals surface area (Å²) < 4.78 is 6.33. The van der Waals surface area contributed by atoms with Gasteiger partial charge in [0.15, 0.2) is 11.7 Å². The number of allylic oxidation sites excluding steroid dienone is 2. The van der Waals surface area contributed by atoms with Crippen molar-refractivity contribution in [3.05, 3.63) is 102 Å². The third-order valence-electron chi connectivity index (χ3n) is 5.65. The van der Waals surface area contributed by atoms with Crippen molar-refractivity contribution in [3.8, 4) is 28.3 Å². The molecule has 0 spiro atoms. The highest BCUT2D eigenvalue weighted by Gasteiger charge is 2.21. The Morgan fingerprint density at radius 2 is 1.47 bits per heavy atom. The van der Waals surface area contributed by atoms with Crippen molar-refractivity contribution in [1.82, 2.24) is 4.98 Å². The molecule has 148 valence electrons. The number of nitrogens with zero attached hydrogens (tertiary/aromatic N) is 1. The van der Waals surface area contributed by atoms with E-state index in [0.29, 0.717) is 12.2 Å². The molecule has 3 heteroatoms. The summed E-state index contributed by atoms with van der Waals surface area (Å²) in [6.45, 7) is 0. The fourth-order valence-corrected chi connectivity index (χ4v) is 4.24. The normalized spacial score (nSPS) is 13.7. The maximum Gasteiger partial charge on any atom is 0.199 e. The number of hydrogen-bond donors (Lipinski definition) is 1. The van der Waals surface area contributed by atoms with E-state index in [1.807, 2.05) is 48.5 Å². The van der Waals surface area contributed by atoms with Crippen LogP contribution >= 0.6 is 0 Å². The van der Waals surface area contributed by atoms with Crippen molar-refractivity contribution in [2.75, 3.05) is 0 Å². The standard InChI is InChI=1S/C27H23NO2/c29-23-15-7-13-21(17-23)24-16-8-14-22(24)18-25-28-26(19-9-3-1-4-10-19)27(30-25)20-11-5-2-6-12-20/h1-7,9-13,15,17,29H,8,14,16,18H2. The van der Waals surface area contributed by atoms with Gasteiger partial charge in [0.2, 0.25) is 0 Å². The lowest BCUT2D eigenvalue weighted by Gasteiger charge is -2.07. The zero-order valence-corrected chi connectivity index (χ0v) is 16.7. The van der Waals surface area contributed by atoms with Crippen LogP contribution in [0.25, 0.3) is 28.2 Å². The topological polar surface area (TPSA) is 46.3 Å². The molecule has 1 aliphatic rings. The Morgan fingerprint density at radius 1 is 0.767 bits per heavy atom. The van der Waals surface area contributed by atoms with Crippen LogP contribution in [0.4, 0.5) is 0 Å². The number of phenols is 1. The molecule has 0 saturated carbocycles. The molecule has 5 rings (SSSR count). The van der Waals surface area contributed by atoms with Crippen molar-refractivity contribution >= 4 is 5.57 Å². The molecule has 30 heavy (non-hydrogen) atoms. The molecular weight excluding hydrogens is 370 g/mol. The Hall–Kier alpha value is -3.59. The highest BCUT2D eigenvalue weighted by atomic mass is 16.4. The Morgan fingerprint density at radius 3 is 2.20 bits per heavy atom. The van der Waals surface area contributed by atoms with Gasteiger partial charge in [-0.1, -0.05) is 78.4 Å². The van der Waals surface area contributed by atoms with Gasteiger partial charge in [-0.25, -0.2) is 4.98 Å². The maximum atomic E-state index is 9.89. The summed E-state index contributed by atoms with van der Waals surface area (Å²) in [5.41, 5.74) is 6.73. The van der Waals surface area contributed by atoms with E-state index in [-0.39, 0.29) is 0 Å². The van der Waals surface area contributed by atoms with Gasteiger partial charge < -0.3 is 9.52 Å². The molecule has 0 amide bonds. The second-order valence-corrected chi connectivity index (χ2v) is 7.68. The van der Waals surface area contributed by atoms with Crippen LogP contribution in [-0.2, 0) is 6.42 Å². The number of oxazole rings is 1. The van der Waals surface area contributed by atoms with Crippen LogP contribution in [0, 0.1) is 0 Å². The number of hydrogen-bond acceptors (Lipinski definition) is 3. The third kappa shape index (κ3) is 3.67. The molecule has 0 fully saturated rings. The minimum absolute atomic E-state index is 0.306. The van der Waals surface area contributed by atoms with Crippen LogP contribution in [0.3, 0.4) is 0 Å². The van der Waals surface area contributed by atoms with Gasteiger partial charge in [0, 0.05) is 17.5 Å². The molecule has 0 aliphatic heterocycles. The lowest BCUT2D eigenvalue weighted by molar-refractivity contribution is 0.475. The molecule has 0 bridgehead atoms. The number of rotatable bonds is 5. The lowest BCUT2D eigenvalue weighted by Crippen LogP contribution is -1.92. The van der Waals surface area contributed by atoms with E-state index in [1.54, 1.807) is 6.07 Å². The fraction of sp³-hybridized carbons (Fsp3) is 0.148. The molecule has 0 radical (unpaired) electrons. The predicted octanol–water partition coefficient (Wildman–Crippen LogP) is 6.89. The van der Waals surface area contributed by atoms with Crippen molar-refractivity contribution in [1.29, 1.82) is 0 Å². The van der Waals surface area contributed by atoms with Crippen LogP contribution in [0.2, 0.25) is 0 Å². The largest absolute Gasteiger partial charge is 0.508 e. The highest BCUT2D eigenvalue weighted by molar-refractivity contribution is 5.77. The molecule has 1 heterocycles. The van der Waals surface area contributed by atoms with Gasteiger partial charge in [-0.15, -0.1) is 0 Å². The number of aromatic nitrogens is 1. The third-order valence-corrected chi connectivity index (χ3v) is 5.65. The summed E-state index contributed by atoms with van der Waals surface area (Å²) in [4.78, 5) is 4.92. The summed E-state index contributed by atoms with van der Waals surface area (Å²) >= 11 is 0. The van der Waals surface area contributed by atoms with Crippen molar-refractivity contribution in [2.45, 2.75) is 25.7 Å². The maximum absolute atomic E-state index is 9.89. The Labute approximate surface area is 176 Å². The number of aromatic hydroxyl groups is 1. The molecule has 1 aliphatic carbocycles. The van der Waals surface area contributed by atoms with Crippen molar-refractivity contribution < 1.29 is 9.52 Å². The first kappa shape index (κ1) is 18.4. The zero-order chi connectivity index (χ0) is 20.3. The molecular formula is C27H23NO2. The van der Waals surface area contributed by atoms with E-state index < -0.39 is 0 Å². The molecule has 1 aromatic heterocycles. The first-order chi connectivity index (χ1) is 14.8. The van der Waals surface area contributed by atoms with Gasteiger partial charge >= 0.3 is 0 Å². The van der Waals surface area contributed by atoms with E-state index in [2.05, 4.69) is 30.3 Å². The van der Waals surface area contributed by atoms with Crippen molar-refractivity contribution in [3.63, 3.8) is 0 Å². The average molecular weight is 393 g/mol. The highest BCUT2D eigenvalue weighted by Crippen LogP contribution is 2.38. The SMILES string of the molecule is Oc1cccc(C2=C(Cc3nc(-c4ccccc4)c(-c4ccccc4)o3)CCC2)c1. The summed E-state index contributed by atoms with van der Waals surface area (Å²) in [6.07, 6.45) is 3.88. The molecule has 0 atom stereocenters. The molecule has 0 unspecified atom stereocenters. The fourth-order valence-electron chi connectivity index (χ4n) is 4.24. The van der Waals surface area contributed by atoms with Crippen LogP contribution < -0.4 is 0 Å². The monoisotopic (exact) mass is 393 g/mol. The summed E-state index contributed by atoms with van der Waals surface area (Å²) in [7, 11) is 0. The van der Waals surface area contributed by atoms with Crippen LogP contribution in [0.5, 0.6) is 5.75 Å². The lowest BCUT2D eigenvalue weighted by atomic mass is 10.00. The van der Waals surface area contributed by atoms with Crippen LogP contribution in [-0.4, -0.2) is 10.1 Å². The minimum atomic E-state index is 0.306. The number of benzene rings is 3. The van der Waals surface area contributed by atoms with Gasteiger partial charge in [-0.3, -0.25) is 0 Å². The minimum Gasteiger partial charge on any atom is -0.508 e.